The zero-order valence-electron chi connectivity index (χ0n) is 11.0. The largest absolute Gasteiger partial charge is 0.352 e. The van der Waals surface area contributed by atoms with Gasteiger partial charge < -0.3 is 4.90 Å². The Balaban J connectivity index is 1.57. The number of nitrogens with one attached hydrogen (secondary N) is 1. The molecule has 3 rings (SSSR count). The molecule has 1 aliphatic rings. The molecule has 0 bridgehead atoms. The van der Waals surface area contributed by atoms with Crippen molar-refractivity contribution in [3.63, 3.8) is 0 Å². The minimum absolute atomic E-state index is 0.684. The summed E-state index contributed by atoms with van der Waals surface area (Å²) in [6.45, 7) is 1.85. The fraction of sp³-hybridized carbons (Fsp3) is 0.235. The summed E-state index contributed by atoms with van der Waals surface area (Å²) in [4.78, 5) is 2.17. The van der Waals surface area contributed by atoms with E-state index < -0.39 is 0 Å². The number of rotatable bonds is 4. The first kappa shape index (κ1) is 12.0. The number of hydrogen-bond acceptors (Lipinski definition) is 1. The number of fused-ring (bicyclic) bond motifs is 1. The SMILES string of the molecule is N=C1c2ccccc2CN1CCCc1ccccc1. The standard InChI is InChI=1S/C17H18N2/c18-17-16-11-5-4-10-15(16)13-19(17)12-6-9-14-7-2-1-3-8-14/h1-5,7-8,10-11,18H,6,9,12-13H2. The summed E-state index contributed by atoms with van der Waals surface area (Å²) in [7, 11) is 0. The van der Waals surface area contributed by atoms with Crippen molar-refractivity contribution in [2.24, 2.45) is 0 Å². The van der Waals surface area contributed by atoms with Crippen molar-refractivity contribution in [1.29, 1.82) is 5.41 Å². The minimum Gasteiger partial charge on any atom is -0.352 e. The van der Waals surface area contributed by atoms with E-state index in [1.165, 1.54) is 11.1 Å². The number of aryl methyl sites for hydroxylation is 1. The molecule has 0 saturated heterocycles. The van der Waals surface area contributed by atoms with Gasteiger partial charge in [-0.25, -0.2) is 0 Å². The molecule has 1 heterocycles. The molecule has 0 unspecified atom stereocenters. The Morgan fingerprint density at radius 2 is 1.68 bits per heavy atom. The van der Waals surface area contributed by atoms with Crippen molar-refractivity contribution in [2.75, 3.05) is 6.54 Å². The second kappa shape index (κ2) is 5.27. The molecule has 1 N–H and O–H groups in total. The molecule has 96 valence electrons. The molecule has 0 radical (unpaired) electrons. The van der Waals surface area contributed by atoms with E-state index in [2.05, 4.69) is 53.4 Å². The third-order valence-electron chi connectivity index (χ3n) is 3.69. The molecular formula is C17H18N2. The van der Waals surface area contributed by atoms with Crippen molar-refractivity contribution >= 4 is 5.84 Å². The van der Waals surface area contributed by atoms with E-state index in [4.69, 9.17) is 5.41 Å². The fourth-order valence-corrected chi connectivity index (χ4v) is 2.65. The van der Waals surface area contributed by atoms with E-state index >= 15 is 0 Å². The van der Waals surface area contributed by atoms with Crippen molar-refractivity contribution in [2.45, 2.75) is 19.4 Å². The second-order valence-corrected chi connectivity index (χ2v) is 5.02. The zero-order valence-corrected chi connectivity index (χ0v) is 11.0. The van der Waals surface area contributed by atoms with Gasteiger partial charge in [-0.3, -0.25) is 5.41 Å². The fourth-order valence-electron chi connectivity index (χ4n) is 2.65. The molecule has 2 aromatic rings. The molecule has 0 spiro atoms. The highest BCUT2D eigenvalue weighted by Crippen LogP contribution is 2.22. The molecule has 2 aromatic carbocycles. The van der Waals surface area contributed by atoms with Crippen LogP contribution in [0.25, 0.3) is 0 Å². The Bertz CT molecular complexity index is 575. The quantitative estimate of drug-likeness (QED) is 0.884. The first-order valence-corrected chi connectivity index (χ1v) is 6.80. The third kappa shape index (κ3) is 2.53. The molecule has 1 aliphatic heterocycles. The van der Waals surface area contributed by atoms with Gasteiger partial charge in [-0.2, -0.15) is 0 Å². The van der Waals surface area contributed by atoms with Gasteiger partial charge in [0.15, 0.2) is 0 Å². The van der Waals surface area contributed by atoms with Gasteiger partial charge in [0.2, 0.25) is 0 Å². The van der Waals surface area contributed by atoms with E-state index in [0.717, 1.165) is 31.5 Å². The van der Waals surface area contributed by atoms with Gasteiger partial charge in [-0.05, 0) is 24.0 Å². The van der Waals surface area contributed by atoms with E-state index in [1.807, 2.05) is 6.07 Å². The molecule has 2 nitrogen and oxygen atoms in total. The van der Waals surface area contributed by atoms with Crippen LogP contribution in [0.4, 0.5) is 0 Å². The molecule has 0 aromatic heterocycles. The highest BCUT2D eigenvalue weighted by molar-refractivity contribution is 6.00. The highest BCUT2D eigenvalue weighted by atomic mass is 15.2. The average molecular weight is 250 g/mol. The van der Waals surface area contributed by atoms with Gasteiger partial charge in [0, 0.05) is 18.7 Å². The smallest absolute Gasteiger partial charge is 0.128 e. The number of amidine groups is 1. The van der Waals surface area contributed by atoms with Crippen LogP contribution in [0.5, 0.6) is 0 Å². The first-order chi connectivity index (χ1) is 9.34. The third-order valence-corrected chi connectivity index (χ3v) is 3.69. The summed E-state index contributed by atoms with van der Waals surface area (Å²) in [5, 5.41) is 8.20. The zero-order chi connectivity index (χ0) is 13.1. The van der Waals surface area contributed by atoms with Crippen LogP contribution in [-0.4, -0.2) is 17.3 Å². The van der Waals surface area contributed by atoms with Crippen LogP contribution in [0.15, 0.2) is 54.6 Å². The Labute approximate surface area is 114 Å². The van der Waals surface area contributed by atoms with Crippen molar-refractivity contribution in [1.82, 2.24) is 4.90 Å². The lowest BCUT2D eigenvalue weighted by Crippen LogP contribution is -2.25. The maximum absolute atomic E-state index is 8.20. The lowest BCUT2D eigenvalue weighted by Gasteiger charge is -2.17. The van der Waals surface area contributed by atoms with Crippen LogP contribution in [-0.2, 0) is 13.0 Å². The molecule has 0 saturated carbocycles. The second-order valence-electron chi connectivity index (χ2n) is 5.02. The normalized spacial score (nSPS) is 13.7. The van der Waals surface area contributed by atoms with Gasteiger partial charge in [0.1, 0.15) is 5.84 Å². The van der Waals surface area contributed by atoms with Crippen molar-refractivity contribution < 1.29 is 0 Å². The topological polar surface area (TPSA) is 27.1 Å². The number of hydrogen-bond donors (Lipinski definition) is 1. The van der Waals surface area contributed by atoms with Crippen LogP contribution in [0.2, 0.25) is 0 Å². The lowest BCUT2D eigenvalue weighted by molar-refractivity contribution is 0.418. The van der Waals surface area contributed by atoms with Crippen molar-refractivity contribution in [3.05, 3.63) is 71.3 Å². The summed E-state index contributed by atoms with van der Waals surface area (Å²) in [5.41, 5.74) is 3.76. The van der Waals surface area contributed by atoms with Gasteiger partial charge in [0.05, 0.1) is 0 Å². The van der Waals surface area contributed by atoms with Gasteiger partial charge in [-0.15, -0.1) is 0 Å². The van der Waals surface area contributed by atoms with E-state index in [0.29, 0.717) is 5.84 Å². The van der Waals surface area contributed by atoms with Crippen LogP contribution >= 0.6 is 0 Å². The van der Waals surface area contributed by atoms with E-state index in [9.17, 15) is 0 Å². The Morgan fingerprint density at radius 1 is 0.947 bits per heavy atom. The van der Waals surface area contributed by atoms with Crippen LogP contribution < -0.4 is 0 Å². The molecule has 0 atom stereocenters. The maximum Gasteiger partial charge on any atom is 0.128 e. The summed E-state index contributed by atoms with van der Waals surface area (Å²) in [6.07, 6.45) is 2.18. The van der Waals surface area contributed by atoms with Crippen LogP contribution in [0.3, 0.4) is 0 Å². The highest BCUT2D eigenvalue weighted by Gasteiger charge is 2.22. The molecule has 2 heteroatoms. The Kier molecular flexibility index (Phi) is 3.32. The van der Waals surface area contributed by atoms with Crippen LogP contribution in [0, 0.1) is 5.41 Å². The van der Waals surface area contributed by atoms with E-state index in [1.54, 1.807) is 0 Å². The monoisotopic (exact) mass is 250 g/mol. The van der Waals surface area contributed by atoms with Gasteiger partial charge in [0.25, 0.3) is 0 Å². The average Bonchev–Trinajstić information content (AvgIpc) is 2.78. The predicted octanol–water partition coefficient (Wildman–Crippen LogP) is 3.46. The van der Waals surface area contributed by atoms with Crippen LogP contribution in [0.1, 0.15) is 23.1 Å². The summed E-state index contributed by atoms with van der Waals surface area (Å²) < 4.78 is 0. The molecule has 0 amide bonds. The Morgan fingerprint density at radius 3 is 2.47 bits per heavy atom. The summed E-state index contributed by atoms with van der Waals surface area (Å²) in [6, 6.07) is 18.8. The van der Waals surface area contributed by atoms with Crippen molar-refractivity contribution in [3.8, 4) is 0 Å². The molecular weight excluding hydrogens is 232 g/mol. The summed E-state index contributed by atoms with van der Waals surface area (Å²) in [5.74, 6) is 0.684. The summed E-state index contributed by atoms with van der Waals surface area (Å²) >= 11 is 0. The maximum atomic E-state index is 8.20. The van der Waals surface area contributed by atoms with E-state index in [-0.39, 0.29) is 0 Å². The molecule has 19 heavy (non-hydrogen) atoms. The lowest BCUT2D eigenvalue weighted by atomic mass is 10.1. The minimum atomic E-state index is 0.684. The first-order valence-electron chi connectivity index (χ1n) is 6.80. The van der Waals surface area contributed by atoms with Gasteiger partial charge in [-0.1, -0.05) is 54.6 Å². The Hall–Kier alpha value is -2.09. The number of benzene rings is 2. The molecule has 0 aliphatic carbocycles. The number of nitrogens with zero attached hydrogens (tertiary/aromatic N) is 1. The van der Waals surface area contributed by atoms with Gasteiger partial charge >= 0.3 is 0 Å². The predicted molar refractivity (Wildman–Crippen MR) is 78.4 cm³/mol. The molecule has 0 fully saturated rings.